The van der Waals surface area contributed by atoms with E-state index in [4.69, 9.17) is 5.73 Å². The third-order valence-corrected chi connectivity index (χ3v) is 8.19. The average molecular weight is 552 g/mol. The first-order valence-corrected chi connectivity index (χ1v) is 14.5. The fraction of sp³-hybridized carbons (Fsp3) is 0.375. The van der Waals surface area contributed by atoms with Crippen LogP contribution in [0, 0.1) is 5.82 Å². The third-order valence-electron chi connectivity index (χ3n) is 6.84. The molecule has 0 aliphatic rings. The van der Waals surface area contributed by atoms with Crippen LogP contribution in [0.1, 0.15) is 76.4 Å². The molecule has 0 fully saturated rings. The van der Waals surface area contributed by atoms with Crippen molar-refractivity contribution in [3.8, 4) is 0 Å². The highest BCUT2D eigenvalue weighted by Gasteiger charge is 2.28. The van der Waals surface area contributed by atoms with Crippen molar-refractivity contribution in [2.45, 2.75) is 68.5 Å². The first-order valence-electron chi connectivity index (χ1n) is 13.5. The van der Waals surface area contributed by atoms with Gasteiger partial charge in [0.1, 0.15) is 11.9 Å². The minimum absolute atomic E-state index is 0.124. The molecule has 0 bridgehead atoms. The van der Waals surface area contributed by atoms with E-state index in [0.29, 0.717) is 5.56 Å². The van der Waals surface area contributed by atoms with E-state index in [1.807, 2.05) is 30.3 Å². The topological polar surface area (TPSA) is 89.6 Å². The molecule has 0 saturated heterocycles. The van der Waals surface area contributed by atoms with Crippen LogP contribution in [0.5, 0.6) is 0 Å². The minimum Gasteiger partial charge on any atom is -0.465 e. The number of hydrogen-bond acceptors (Lipinski definition) is 5. The molecule has 3 rings (SSSR count). The standard InChI is InChI=1S/C32H38FNO4S/c1-38-32(37)25-19-20-26(28(33)21-25)22-39-30(29(35)31(34)36)27-18-12-11-17-24(27)16-10-5-3-2-4-7-13-23-14-8-6-9-15-23/h6,8-9,11-12,14-15,17-21,29-30,35H,2-5,7,10,13,16,22H2,1H3,(H2,34,36)/t29-,30-/m1/s1. The van der Waals surface area contributed by atoms with Gasteiger partial charge in [-0.15, -0.1) is 11.8 Å². The molecule has 0 heterocycles. The number of methoxy groups -OCH3 is 1. The van der Waals surface area contributed by atoms with Gasteiger partial charge >= 0.3 is 5.97 Å². The molecule has 0 unspecified atom stereocenters. The fourth-order valence-corrected chi connectivity index (χ4v) is 5.94. The van der Waals surface area contributed by atoms with Gasteiger partial charge < -0.3 is 15.6 Å². The number of nitrogens with two attached hydrogens (primary N) is 1. The molecule has 7 heteroatoms. The maximum absolute atomic E-state index is 14.7. The van der Waals surface area contributed by atoms with Gasteiger partial charge in [0, 0.05) is 5.75 Å². The van der Waals surface area contributed by atoms with Crippen molar-refractivity contribution in [1.29, 1.82) is 0 Å². The number of halogens is 1. The quantitative estimate of drug-likeness (QED) is 0.155. The summed E-state index contributed by atoms with van der Waals surface area (Å²) in [6, 6.07) is 22.5. The largest absolute Gasteiger partial charge is 0.465 e. The lowest BCUT2D eigenvalue weighted by Crippen LogP contribution is -2.33. The number of ether oxygens (including phenoxy) is 1. The second-order valence-electron chi connectivity index (χ2n) is 9.68. The van der Waals surface area contributed by atoms with Crippen LogP contribution < -0.4 is 5.73 Å². The number of hydrogen-bond donors (Lipinski definition) is 2. The Labute approximate surface area is 235 Å². The van der Waals surface area contributed by atoms with Crippen LogP contribution in [0.15, 0.2) is 72.8 Å². The van der Waals surface area contributed by atoms with Gasteiger partial charge in [0.15, 0.2) is 0 Å². The zero-order valence-electron chi connectivity index (χ0n) is 22.5. The van der Waals surface area contributed by atoms with Gasteiger partial charge in [-0.05, 0) is 60.1 Å². The molecule has 3 N–H and O–H groups in total. The fourth-order valence-electron chi connectivity index (χ4n) is 4.62. The van der Waals surface area contributed by atoms with Crippen LogP contribution in [-0.2, 0) is 28.1 Å². The number of rotatable bonds is 16. The van der Waals surface area contributed by atoms with Crippen molar-refractivity contribution < 1.29 is 23.8 Å². The molecule has 5 nitrogen and oxygen atoms in total. The normalized spacial score (nSPS) is 12.6. The molecule has 0 aromatic heterocycles. The molecule has 0 saturated carbocycles. The second-order valence-corrected chi connectivity index (χ2v) is 10.8. The number of carbonyl (C=O) groups is 2. The van der Waals surface area contributed by atoms with E-state index in [2.05, 4.69) is 29.0 Å². The van der Waals surface area contributed by atoms with E-state index in [-0.39, 0.29) is 11.3 Å². The number of carbonyl (C=O) groups excluding carboxylic acids is 2. The summed E-state index contributed by atoms with van der Waals surface area (Å²) in [5.41, 5.74) is 9.25. The van der Waals surface area contributed by atoms with Crippen LogP contribution in [0.3, 0.4) is 0 Å². The molecule has 2 atom stereocenters. The Morgan fingerprint density at radius 3 is 2.18 bits per heavy atom. The lowest BCUT2D eigenvalue weighted by molar-refractivity contribution is -0.126. The summed E-state index contributed by atoms with van der Waals surface area (Å²) in [6.07, 6.45) is 7.41. The molecule has 0 spiro atoms. The van der Waals surface area contributed by atoms with Crippen LogP contribution >= 0.6 is 11.8 Å². The monoisotopic (exact) mass is 551 g/mol. The smallest absolute Gasteiger partial charge is 0.337 e. The first kappa shape index (κ1) is 30.4. The van der Waals surface area contributed by atoms with Gasteiger partial charge in [0.05, 0.1) is 17.9 Å². The lowest BCUT2D eigenvalue weighted by atomic mass is 9.96. The zero-order chi connectivity index (χ0) is 28.0. The summed E-state index contributed by atoms with van der Waals surface area (Å²) < 4.78 is 19.3. The molecular formula is C32H38FNO4S. The Kier molecular flexibility index (Phi) is 12.5. The Hall–Kier alpha value is -3.16. The zero-order valence-corrected chi connectivity index (χ0v) is 23.3. The van der Waals surface area contributed by atoms with Gasteiger partial charge in [-0.25, -0.2) is 9.18 Å². The highest BCUT2D eigenvalue weighted by molar-refractivity contribution is 7.98. The Balaban J connectivity index is 1.55. The van der Waals surface area contributed by atoms with Crippen molar-refractivity contribution in [2.75, 3.05) is 7.11 Å². The molecule has 1 amide bonds. The van der Waals surface area contributed by atoms with Gasteiger partial charge in [-0.2, -0.15) is 0 Å². The minimum atomic E-state index is -1.42. The summed E-state index contributed by atoms with van der Waals surface area (Å²) in [5, 5.41) is 10.0. The van der Waals surface area contributed by atoms with E-state index in [9.17, 15) is 19.1 Å². The highest BCUT2D eigenvalue weighted by atomic mass is 32.2. The molecule has 39 heavy (non-hydrogen) atoms. The second kappa shape index (κ2) is 16.1. The number of aliphatic hydroxyl groups excluding tert-OH is 1. The number of aryl methyl sites for hydroxylation is 2. The average Bonchev–Trinajstić information content (AvgIpc) is 2.95. The maximum atomic E-state index is 14.7. The number of esters is 1. The van der Waals surface area contributed by atoms with E-state index >= 15 is 0 Å². The lowest BCUT2D eigenvalue weighted by Gasteiger charge is -2.23. The van der Waals surface area contributed by atoms with E-state index in [1.165, 1.54) is 62.3 Å². The van der Waals surface area contributed by atoms with Gasteiger partial charge in [0.2, 0.25) is 5.91 Å². The molecule has 0 aliphatic carbocycles. The van der Waals surface area contributed by atoms with Crippen LogP contribution in [0.2, 0.25) is 0 Å². The number of benzene rings is 3. The maximum Gasteiger partial charge on any atom is 0.337 e. The summed E-state index contributed by atoms with van der Waals surface area (Å²) in [7, 11) is 1.24. The van der Waals surface area contributed by atoms with E-state index < -0.39 is 29.0 Å². The Morgan fingerprint density at radius 1 is 0.872 bits per heavy atom. The first-order chi connectivity index (χ1) is 18.9. The van der Waals surface area contributed by atoms with E-state index in [1.54, 1.807) is 0 Å². The predicted molar refractivity (Wildman–Crippen MR) is 155 cm³/mol. The van der Waals surface area contributed by atoms with Crippen LogP contribution in [-0.4, -0.2) is 30.2 Å². The van der Waals surface area contributed by atoms with Crippen molar-refractivity contribution >= 4 is 23.6 Å². The summed E-state index contributed by atoms with van der Waals surface area (Å²) in [4.78, 5) is 23.6. The summed E-state index contributed by atoms with van der Waals surface area (Å²) in [5.74, 6) is -1.79. The number of thioether (sulfide) groups is 1. The molecular weight excluding hydrogens is 513 g/mol. The number of primary amides is 1. The molecule has 3 aromatic carbocycles. The Bertz CT molecular complexity index is 1200. The summed E-state index contributed by atoms with van der Waals surface area (Å²) in [6.45, 7) is 0. The summed E-state index contributed by atoms with van der Waals surface area (Å²) >= 11 is 1.26. The van der Waals surface area contributed by atoms with E-state index in [0.717, 1.165) is 42.9 Å². The molecule has 0 aliphatic heterocycles. The Morgan fingerprint density at radius 2 is 1.51 bits per heavy atom. The number of unbranched alkanes of at least 4 members (excludes halogenated alkanes) is 5. The van der Waals surface area contributed by atoms with Crippen molar-refractivity contribution in [3.05, 3.63) is 106 Å². The van der Waals surface area contributed by atoms with Crippen LogP contribution in [0.25, 0.3) is 0 Å². The van der Waals surface area contributed by atoms with Crippen molar-refractivity contribution in [3.63, 3.8) is 0 Å². The van der Waals surface area contributed by atoms with Crippen molar-refractivity contribution in [2.24, 2.45) is 5.73 Å². The number of aliphatic hydroxyl groups is 1. The molecule has 208 valence electrons. The van der Waals surface area contributed by atoms with Gasteiger partial charge in [-0.3, -0.25) is 4.79 Å². The predicted octanol–water partition coefficient (Wildman–Crippen LogP) is 6.56. The number of amides is 1. The SMILES string of the molecule is COC(=O)c1ccc(CS[C@H](c2ccccc2CCCCCCCCc2ccccc2)[C@@H](O)C(N)=O)c(F)c1. The molecule has 3 aromatic rings. The highest BCUT2D eigenvalue weighted by Crippen LogP contribution is 2.37. The molecule has 0 radical (unpaired) electrons. The van der Waals surface area contributed by atoms with Gasteiger partial charge in [-0.1, -0.05) is 86.3 Å². The van der Waals surface area contributed by atoms with Crippen LogP contribution in [0.4, 0.5) is 4.39 Å². The van der Waals surface area contributed by atoms with Gasteiger partial charge in [0.25, 0.3) is 0 Å². The van der Waals surface area contributed by atoms with Crippen molar-refractivity contribution in [1.82, 2.24) is 0 Å². The third kappa shape index (κ3) is 9.52.